The zero-order chi connectivity index (χ0) is 13.6. The van der Waals surface area contributed by atoms with Crippen molar-refractivity contribution in [2.24, 2.45) is 0 Å². The summed E-state index contributed by atoms with van der Waals surface area (Å²) in [4.78, 5) is 32.9. The fourth-order valence-corrected chi connectivity index (χ4v) is 0.823. The van der Waals surface area contributed by atoms with Gasteiger partial charge in [0.05, 0.1) is 6.54 Å². The lowest BCUT2D eigenvalue weighted by Crippen LogP contribution is -2.42. The van der Waals surface area contributed by atoms with Crippen LogP contribution in [0.4, 0.5) is 13.2 Å². The van der Waals surface area contributed by atoms with Gasteiger partial charge in [0, 0.05) is 7.05 Å². The zero-order valence-electron chi connectivity index (χ0n) is 8.87. The summed E-state index contributed by atoms with van der Waals surface area (Å²) < 4.78 is 35.1. The number of hydrogen-bond acceptors (Lipinski definition) is 3. The van der Waals surface area contributed by atoms with Crippen LogP contribution in [0.3, 0.4) is 0 Å². The van der Waals surface area contributed by atoms with Gasteiger partial charge in [-0.15, -0.1) is 0 Å². The topological polar surface area (TPSA) is 86.7 Å². The summed E-state index contributed by atoms with van der Waals surface area (Å²) in [6, 6.07) is 0. The van der Waals surface area contributed by atoms with E-state index in [9.17, 15) is 27.6 Å². The van der Waals surface area contributed by atoms with Crippen LogP contribution in [0.5, 0.6) is 0 Å². The van der Waals surface area contributed by atoms with E-state index in [0.717, 1.165) is 11.9 Å². The first-order chi connectivity index (χ1) is 7.61. The van der Waals surface area contributed by atoms with Crippen LogP contribution in [0.25, 0.3) is 0 Å². The number of carbonyl (C=O) groups excluding carboxylic acids is 2. The molecule has 0 spiro atoms. The molecule has 6 nitrogen and oxygen atoms in total. The Morgan fingerprint density at radius 1 is 1.29 bits per heavy atom. The van der Waals surface area contributed by atoms with Crippen LogP contribution in [0, 0.1) is 0 Å². The van der Waals surface area contributed by atoms with Crippen molar-refractivity contribution in [1.82, 2.24) is 10.2 Å². The van der Waals surface area contributed by atoms with Crippen LogP contribution in [-0.2, 0) is 14.4 Å². The third-order valence-corrected chi connectivity index (χ3v) is 1.59. The summed E-state index contributed by atoms with van der Waals surface area (Å²) in [7, 11) is 1.12. The van der Waals surface area contributed by atoms with Crippen LogP contribution < -0.4 is 5.32 Å². The number of alkyl halides is 3. The number of likely N-dealkylation sites (N-methyl/N-ethyl adjacent to an activating group) is 1. The highest BCUT2D eigenvalue weighted by molar-refractivity contribution is 5.95. The fraction of sp³-hybridized carbons (Fsp3) is 0.625. The van der Waals surface area contributed by atoms with E-state index < -0.39 is 43.5 Å². The monoisotopic (exact) mass is 256 g/mol. The standard InChI is InChI=1S/C8H11F3N2O4/c1-13(6(15)2-7(16)17)3-5(14)12-4-8(9,10)11/h2-4H2,1H3,(H,12,14)(H,16,17). The molecule has 2 N–H and O–H groups in total. The van der Waals surface area contributed by atoms with Crippen LogP contribution in [0.15, 0.2) is 0 Å². The Hall–Kier alpha value is -1.80. The molecule has 0 saturated heterocycles. The number of amides is 2. The van der Waals surface area contributed by atoms with Crippen molar-refractivity contribution < 1.29 is 32.7 Å². The Kier molecular flexibility index (Phi) is 5.42. The summed E-state index contributed by atoms with van der Waals surface area (Å²) in [5.74, 6) is -3.25. The van der Waals surface area contributed by atoms with Gasteiger partial charge in [-0.05, 0) is 0 Å². The van der Waals surface area contributed by atoms with Gasteiger partial charge in [0.1, 0.15) is 13.0 Å². The first kappa shape index (κ1) is 15.2. The van der Waals surface area contributed by atoms with Crippen LogP contribution in [-0.4, -0.2) is 54.1 Å². The van der Waals surface area contributed by atoms with Crippen LogP contribution in [0.2, 0.25) is 0 Å². The van der Waals surface area contributed by atoms with E-state index in [1.807, 2.05) is 0 Å². The van der Waals surface area contributed by atoms with Gasteiger partial charge in [-0.1, -0.05) is 0 Å². The van der Waals surface area contributed by atoms with E-state index in [1.54, 1.807) is 5.32 Å². The minimum absolute atomic E-state index is 0.623. The molecule has 98 valence electrons. The quantitative estimate of drug-likeness (QED) is 0.655. The second-order valence-corrected chi connectivity index (χ2v) is 3.21. The van der Waals surface area contributed by atoms with E-state index in [0.29, 0.717) is 0 Å². The molecule has 0 unspecified atom stereocenters. The molecule has 0 fully saturated rings. The third kappa shape index (κ3) is 8.05. The van der Waals surface area contributed by atoms with Gasteiger partial charge >= 0.3 is 12.1 Å². The van der Waals surface area contributed by atoms with Gasteiger partial charge in [0.2, 0.25) is 11.8 Å². The van der Waals surface area contributed by atoms with Gasteiger partial charge in [0.25, 0.3) is 0 Å². The van der Waals surface area contributed by atoms with E-state index in [-0.39, 0.29) is 0 Å². The van der Waals surface area contributed by atoms with E-state index in [1.165, 1.54) is 0 Å². The molecule has 17 heavy (non-hydrogen) atoms. The number of aliphatic carboxylic acids is 1. The molecular weight excluding hydrogens is 245 g/mol. The van der Waals surface area contributed by atoms with Crippen molar-refractivity contribution in [3.05, 3.63) is 0 Å². The molecule has 0 radical (unpaired) electrons. The van der Waals surface area contributed by atoms with Crippen LogP contribution >= 0.6 is 0 Å². The van der Waals surface area contributed by atoms with E-state index in [2.05, 4.69) is 0 Å². The molecular formula is C8H11F3N2O4. The average molecular weight is 256 g/mol. The molecule has 0 aromatic heterocycles. The van der Waals surface area contributed by atoms with Crippen molar-refractivity contribution in [1.29, 1.82) is 0 Å². The number of nitrogens with zero attached hydrogens (tertiary/aromatic N) is 1. The molecule has 0 heterocycles. The number of carboxylic acids is 1. The molecule has 2 amide bonds. The molecule has 0 aromatic rings. The highest BCUT2D eigenvalue weighted by Gasteiger charge is 2.28. The predicted molar refractivity (Wildman–Crippen MR) is 49.0 cm³/mol. The minimum atomic E-state index is -4.53. The molecule has 0 saturated carbocycles. The smallest absolute Gasteiger partial charge is 0.405 e. The second-order valence-electron chi connectivity index (χ2n) is 3.21. The molecule has 0 atom stereocenters. The third-order valence-electron chi connectivity index (χ3n) is 1.59. The SMILES string of the molecule is CN(CC(=O)NCC(F)(F)F)C(=O)CC(=O)O. The summed E-state index contributed by atoms with van der Waals surface area (Å²) in [5.41, 5.74) is 0. The van der Waals surface area contributed by atoms with Gasteiger partial charge in [-0.2, -0.15) is 13.2 Å². The lowest BCUT2D eigenvalue weighted by Gasteiger charge is -2.16. The highest BCUT2D eigenvalue weighted by atomic mass is 19.4. The van der Waals surface area contributed by atoms with Gasteiger partial charge in [-0.3, -0.25) is 14.4 Å². The largest absolute Gasteiger partial charge is 0.481 e. The Balaban J connectivity index is 4.04. The summed E-state index contributed by atoms with van der Waals surface area (Å²) in [6.07, 6.45) is -5.34. The molecule has 0 aliphatic heterocycles. The normalized spacial score (nSPS) is 10.8. The molecule has 9 heteroatoms. The number of carbonyl (C=O) groups is 3. The molecule has 0 aromatic carbocycles. The molecule has 0 aliphatic rings. The zero-order valence-corrected chi connectivity index (χ0v) is 8.87. The van der Waals surface area contributed by atoms with Crippen molar-refractivity contribution in [2.45, 2.75) is 12.6 Å². The Morgan fingerprint density at radius 2 is 1.82 bits per heavy atom. The first-order valence-corrected chi connectivity index (χ1v) is 4.41. The Bertz CT molecular complexity index is 316. The predicted octanol–water partition coefficient (Wildman–Crippen LogP) is -0.402. The summed E-state index contributed by atoms with van der Waals surface area (Å²) in [6.45, 7) is -2.12. The van der Waals surface area contributed by atoms with Crippen LogP contribution in [0.1, 0.15) is 6.42 Å². The number of halogens is 3. The number of nitrogens with one attached hydrogen (secondary N) is 1. The molecule has 0 bridgehead atoms. The van der Waals surface area contributed by atoms with Crippen molar-refractivity contribution >= 4 is 17.8 Å². The summed E-state index contributed by atoms with van der Waals surface area (Å²) in [5, 5.41) is 9.84. The van der Waals surface area contributed by atoms with Crippen molar-refractivity contribution in [3.8, 4) is 0 Å². The highest BCUT2D eigenvalue weighted by Crippen LogP contribution is 2.11. The van der Waals surface area contributed by atoms with E-state index in [4.69, 9.17) is 5.11 Å². The average Bonchev–Trinajstić information content (AvgIpc) is 2.12. The van der Waals surface area contributed by atoms with E-state index >= 15 is 0 Å². The second kappa shape index (κ2) is 6.06. The lowest BCUT2D eigenvalue weighted by atomic mass is 10.3. The maximum atomic E-state index is 11.7. The maximum absolute atomic E-state index is 11.7. The maximum Gasteiger partial charge on any atom is 0.405 e. The summed E-state index contributed by atoms with van der Waals surface area (Å²) >= 11 is 0. The van der Waals surface area contributed by atoms with Crippen molar-refractivity contribution in [3.63, 3.8) is 0 Å². The van der Waals surface area contributed by atoms with Gasteiger partial charge < -0.3 is 15.3 Å². The fourth-order valence-electron chi connectivity index (χ4n) is 0.823. The van der Waals surface area contributed by atoms with Gasteiger partial charge in [-0.25, -0.2) is 0 Å². The number of hydrogen-bond donors (Lipinski definition) is 2. The number of rotatable bonds is 5. The Labute approximate surface area is 94.4 Å². The lowest BCUT2D eigenvalue weighted by molar-refractivity contribution is -0.146. The Morgan fingerprint density at radius 3 is 2.24 bits per heavy atom. The first-order valence-electron chi connectivity index (χ1n) is 4.41. The van der Waals surface area contributed by atoms with Gasteiger partial charge in [0.15, 0.2) is 0 Å². The van der Waals surface area contributed by atoms with Crippen molar-refractivity contribution in [2.75, 3.05) is 20.1 Å². The molecule has 0 aliphatic carbocycles. The number of carboxylic acid groups (broad SMARTS) is 1. The molecule has 0 rings (SSSR count). The minimum Gasteiger partial charge on any atom is -0.481 e.